The molecule has 220 valence electrons. The lowest BCUT2D eigenvalue weighted by atomic mass is 9.77. The van der Waals surface area contributed by atoms with Gasteiger partial charge in [-0.05, 0) is 62.9 Å². The number of hydrogen-bond acceptors (Lipinski definition) is 3. The maximum Gasteiger partial charge on any atom is 0.250 e. The lowest BCUT2D eigenvalue weighted by molar-refractivity contribution is -0.461. The van der Waals surface area contributed by atoms with Crippen LogP contribution in [0.1, 0.15) is 115 Å². The Morgan fingerprint density at radius 2 is 1.26 bits per heavy atom. The second-order valence-electron chi connectivity index (χ2n) is 13.6. The molecule has 0 atom stereocenters. The smallest absolute Gasteiger partial charge is 0.250 e. The highest BCUT2D eigenvalue weighted by atomic mass is 16.3. The molecule has 7 heteroatoms. The summed E-state index contributed by atoms with van der Waals surface area (Å²) in [5.74, 6) is 0.143. The number of H-pyrrole nitrogens is 2. The van der Waals surface area contributed by atoms with Gasteiger partial charge >= 0.3 is 0 Å². The van der Waals surface area contributed by atoms with Crippen LogP contribution in [-0.4, -0.2) is 24.9 Å². The quantitative estimate of drug-likeness (QED) is 0.176. The van der Waals surface area contributed by atoms with Crippen LogP contribution in [0.15, 0.2) is 42.5 Å². The Balaban J connectivity index is 1.62. The maximum atomic E-state index is 11.2. The standard InChI is InChI=1S/C35H44N6O/c1-7-9-11-16-34(3,4)25-19-23-18-24-20-26(35(5,6)17-12-10-8-2)32-28(22-24)37-41(39-32)33-29(14-13-15-30(33)42)40-36-27(21-23)31(25)38-40/h13-15,19-22,42H,7-12,16-18H2,1-6H3/p+2. The van der Waals surface area contributed by atoms with Gasteiger partial charge in [-0.15, -0.1) is 0 Å². The highest BCUT2D eigenvalue weighted by Crippen LogP contribution is 2.38. The molecule has 2 aromatic heterocycles. The number of phenols is 1. The summed E-state index contributed by atoms with van der Waals surface area (Å²) in [4.78, 5) is 3.52. The van der Waals surface area contributed by atoms with Gasteiger partial charge in [-0.2, -0.15) is 10.2 Å². The molecule has 7 nitrogen and oxygen atoms in total. The number of aromatic nitrogens is 6. The number of aromatic amines is 2. The van der Waals surface area contributed by atoms with Gasteiger partial charge in [0.05, 0.1) is 10.2 Å². The van der Waals surface area contributed by atoms with Crippen LogP contribution in [0.5, 0.6) is 5.75 Å². The Kier molecular flexibility index (Phi) is 7.32. The van der Waals surface area contributed by atoms with Crippen molar-refractivity contribution in [2.45, 2.75) is 110 Å². The summed E-state index contributed by atoms with van der Waals surface area (Å²) < 4.78 is 0. The van der Waals surface area contributed by atoms with Crippen LogP contribution in [-0.2, 0) is 17.3 Å². The summed E-state index contributed by atoms with van der Waals surface area (Å²) in [6.07, 6.45) is 10.3. The molecule has 6 bridgehead atoms. The number of rotatable bonds is 10. The highest BCUT2D eigenvalue weighted by Gasteiger charge is 2.33. The van der Waals surface area contributed by atoms with Gasteiger partial charge in [-0.25, -0.2) is 0 Å². The molecule has 0 fully saturated rings. The SMILES string of the molecule is CCCCCC(C)(C)c1cc2cc3nn([nH+]c13)-c1cccc(O)c1-n1nc3cc(cc(C(C)(C)CCCCC)c3[nH+]1)C2. The van der Waals surface area contributed by atoms with Gasteiger partial charge in [0.15, 0.2) is 5.69 Å². The average molecular weight is 567 g/mol. The summed E-state index contributed by atoms with van der Waals surface area (Å²) in [6, 6.07) is 14.8. The van der Waals surface area contributed by atoms with Crippen molar-refractivity contribution < 1.29 is 15.3 Å². The Labute approximate surface area is 248 Å². The lowest BCUT2D eigenvalue weighted by Crippen LogP contribution is -2.26. The molecule has 3 N–H and O–H groups in total. The molecule has 0 radical (unpaired) electrons. The molecule has 0 spiro atoms. The van der Waals surface area contributed by atoms with E-state index >= 15 is 0 Å². The zero-order valence-electron chi connectivity index (χ0n) is 26.1. The third-order valence-electron chi connectivity index (χ3n) is 9.32. The van der Waals surface area contributed by atoms with Crippen molar-refractivity contribution in [3.63, 3.8) is 0 Å². The number of aromatic hydroxyl groups is 1. The second kappa shape index (κ2) is 10.8. The molecule has 0 saturated carbocycles. The number of benzene rings is 3. The number of phenolic OH excluding ortho intramolecular Hbond substituents is 1. The Bertz CT molecular complexity index is 1760. The molecule has 3 heterocycles. The van der Waals surface area contributed by atoms with Gasteiger partial charge in [0.2, 0.25) is 27.8 Å². The van der Waals surface area contributed by atoms with Crippen molar-refractivity contribution >= 4 is 22.1 Å². The predicted molar refractivity (Wildman–Crippen MR) is 168 cm³/mol. The van der Waals surface area contributed by atoms with Gasteiger partial charge in [0, 0.05) is 23.3 Å². The minimum absolute atomic E-state index is 0.0230. The monoisotopic (exact) mass is 566 g/mol. The Morgan fingerprint density at radius 3 is 1.81 bits per heavy atom. The van der Waals surface area contributed by atoms with E-state index in [0.717, 1.165) is 47.0 Å². The summed E-state index contributed by atoms with van der Waals surface area (Å²) in [6.45, 7) is 13.9. The number of unbranched alkanes of at least 4 members (excludes halogenated alkanes) is 4. The summed E-state index contributed by atoms with van der Waals surface area (Å²) in [5.41, 5.74) is 10.2. The summed E-state index contributed by atoms with van der Waals surface area (Å²) >= 11 is 0. The van der Waals surface area contributed by atoms with Crippen molar-refractivity contribution in [2.24, 2.45) is 0 Å². The first kappa shape index (κ1) is 28.4. The van der Waals surface area contributed by atoms with E-state index in [4.69, 9.17) is 10.2 Å². The summed E-state index contributed by atoms with van der Waals surface area (Å²) in [7, 11) is 0. The number of para-hydroxylation sites is 1. The van der Waals surface area contributed by atoms with Crippen molar-refractivity contribution in [2.75, 3.05) is 0 Å². The van der Waals surface area contributed by atoms with Crippen LogP contribution in [0.4, 0.5) is 0 Å². The molecule has 1 aliphatic heterocycles. The minimum Gasteiger partial charge on any atom is -0.505 e. The largest absolute Gasteiger partial charge is 0.505 e. The summed E-state index contributed by atoms with van der Waals surface area (Å²) in [5, 5.41) is 28.5. The van der Waals surface area contributed by atoms with Crippen LogP contribution >= 0.6 is 0 Å². The van der Waals surface area contributed by atoms with Crippen LogP contribution in [0, 0.1) is 0 Å². The van der Waals surface area contributed by atoms with Gasteiger partial charge in [0.25, 0.3) is 0 Å². The predicted octanol–water partition coefficient (Wildman–Crippen LogP) is 7.32. The molecule has 0 unspecified atom stereocenters. The highest BCUT2D eigenvalue weighted by molar-refractivity contribution is 5.79. The first-order valence-corrected chi connectivity index (χ1v) is 15.8. The molecule has 6 rings (SSSR count). The van der Waals surface area contributed by atoms with Gasteiger partial charge in [-0.3, -0.25) is 0 Å². The fourth-order valence-corrected chi connectivity index (χ4v) is 6.78. The first-order chi connectivity index (χ1) is 20.1. The van der Waals surface area contributed by atoms with E-state index in [0.29, 0.717) is 5.69 Å². The lowest BCUT2D eigenvalue weighted by Gasteiger charge is -2.26. The van der Waals surface area contributed by atoms with E-state index in [1.807, 2.05) is 12.1 Å². The fraction of sp³-hybridized carbons (Fsp3) is 0.486. The normalized spacial score (nSPS) is 13.3. The molecular weight excluding hydrogens is 520 g/mol. The molecule has 3 aromatic carbocycles. The molecular formula is C35H46N6O+2. The van der Waals surface area contributed by atoms with Crippen LogP contribution < -0.4 is 10.2 Å². The van der Waals surface area contributed by atoms with Crippen molar-refractivity contribution in [3.8, 4) is 17.1 Å². The zero-order valence-corrected chi connectivity index (χ0v) is 26.1. The van der Waals surface area contributed by atoms with Gasteiger partial charge in [0.1, 0.15) is 5.75 Å². The third-order valence-corrected chi connectivity index (χ3v) is 9.32. The van der Waals surface area contributed by atoms with Crippen LogP contribution in [0.3, 0.4) is 0 Å². The zero-order chi connectivity index (χ0) is 29.6. The first-order valence-electron chi connectivity index (χ1n) is 15.8. The molecule has 0 saturated heterocycles. The molecule has 5 aromatic rings. The van der Waals surface area contributed by atoms with Gasteiger partial charge < -0.3 is 5.11 Å². The van der Waals surface area contributed by atoms with Crippen LogP contribution in [0.25, 0.3) is 33.4 Å². The fourth-order valence-electron chi connectivity index (χ4n) is 6.78. The van der Waals surface area contributed by atoms with Crippen molar-refractivity contribution in [1.29, 1.82) is 0 Å². The Morgan fingerprint density at radius 1 is 0.738 bits per heavy atom. The number of nitrogens with one attached hydrogen (secondary N) is 2. The second-order valence-corrected chi connectivity index (χ2v) is 13.6. The number of nitrogens with zero attached hydrogens (tertiary/aromatic N) is 4. The van der Waals surface area contributed by atoms with E-state index < -0.39 is 0 Å². The van der Waals surface area contributed by atoms with Crippen molar-refractivity contribution in [3.05, 3.63) is 64.7 Å². The van der Waals surface area contributed by atoms with Crippen molar-refractivity contribution in [1.82, 2.24) is 19.8 Å². The number of fused-ring (bicyclic) bond motifs is 7. The molecule has 0 amide bonds. The Hall–Kier alpha value is -3.74. The molecule has 42 heavy (non-hydrogen) atoms. The van der Waals surface area contributed by atoms with E-state index in [2.05, 4.69) is 76.0 Å². The van der Waals surface area contributed by atoms with E-state index in [9.17, 15) is 5.11 Å². The maximum absolute atomic E-state index is 11.2. The number of hydrogen-bond donors (Lipinski definition) is 1. The molecule has 0 aliphatic carbocycles. The van der Waals surface area contributed by atoms with E-state index in [-0.39, 0.29) is 16.6 Å². The minimum atomic E-state index is -0.0370. The van der Waals surface area contributed by atoms with Gasteiger partial charge in [-0.1, -0.05) is 98.3 Å². The van der Waals surface area contributed by atoms with Crippen LogP contribution in [0.2, 0.25) is 0 Å². The third kappa shape index (κ3) is 5.07. The van der Waals surface area contributed by atoms with E-state index in [1.165, 1.54) is 60.8 Å². The average Bonchev–Trinajstić information content (AvgIpc) is 3.56. The van der Waals surface area contributed by atoms with E-state index in [1.54, 1.807) is 15.7 Å². The molecule has 1 aliphatic rings. The topological polar surface area (TPSA) is 84.1 Å².